The third-order valence-electron chi connectivity index (χ3n) is 3.85. The summed E-state index contributed by atoms with van der Waals surface area (Å²) in [6.45, 7) is 3.51. The average Bonchev–Trinajstić information content (AvgIpc) is 2.59. The van der Waals surface area contributed by atoms with Crippen molar-refractivity contribution in [2.24, 2.45) is 0 Å². The van der Waals surface area contributed by atoms with E-state index in [4.69, 9.17) is 4.74 Å². The number of hydrogen-bond donors (Lipinski definition) is 1. The number of nitrogens with zero attached hydrogens (tertiary/aromatic N) is 1. The number of H-pyrrole nitrogens is 1. The summed E-state index contributed by atoms with van der Waals surface area (Å²) in [4.78, 5) is 41.4. The van der Waals surface area contributed by atoms with Crippen molar-refractivity contribution >= 4 is 22.7 Å². The van der Waals surface area contributed by atoms with Gasteiger partial charge in [0.2, 0.25) is 5.43 Å². The van der Waals surface area contributed by atoms with E-state index in [-0.39, 0.29) is 23.1 Å². The molecule has 0 bridgehead atoms. The average molecular weight is 360 g/mol. The number of rotatable bonds is 6. The highest BCUT2D eigenvalue weighted by Crippen LogP contribution is 2.24. The maximum absolute atomic E-state index is 14.7. The molecule has 0 aliphatic heterocycles. The zero-order valence-corrected chi connectivity index (χ0v) is 15.2. The van der Waals surface area contributed by atoms with Crippen LogP contribution in [0.1, 0.15) is 40.1 Å². The van der Waals surface area contributed by atoms with Crippen molar-refractivity contribution in [3.8, 4) is 0 Å². The van der Waals surface area contributed by atoms with Crippen LogP contribution in [0, 0.1) is 5.82 Å². The Hall–Kier alpha value is -2.96. The predicted octanol–water partition coefficient (Wildman–Crippen LogP) is 2.66. The van der Waals surface area contributed by atoms with Crippen molar-refractivity contribution in [1.29, 1.82) is 0 Å². The van der Waals surface area contributed by atoms with E-state index in [9.17, 15) is 18.8 Å². The molecule has 1 aromatic carbocycles. The maximum atomic E-state index is 14.7. The van der Waals surface area contributed by atoms with E-state index in [0.29, 0.717) is 17.5 Å². The van der Waals surface area contributed by atoms with Gasteiger partial charge in [-0.05, 0) is 25.0 Å². The van der Waals surface area contributed by atoms with Crippen LogP contribution in [0.15, 0.2) is 29.3 Å². The van der Waals surface area contributed by atoms with Gasteiger partial charge in [0.15, 0.2) is 5.78 Å². The number of allylic oxidation sites excluding steroid dienone is 1. The number of carbonyl (C=O) groups excluding carboxylic acids is 2. The van der Waals surface area contributed by atoms with Gasteiger partial charge >= 0.3 is 5.97 Å². The number of ether oxygens (including phenoxy) is 1. The molecule has 1 aromatic heterocycles. The van der Waals surface area contributed by atoms with E-state index in [1.165, 1.54) is 18.5 Å². The van der Waals surface area contributed by atoms with Gasteiger partial charge in [0, 0.05) is 38.0 Å². The molecular formula is C19H21FN2O4. The number of aromatic amines is 1. The molecule has 0 saturated carbocycles. The molecule has 0 spiro atoms. The summed E-state index contributed by atoms with van der Waals surface area (Å²) in [6.07, 6.45) is 4.37. The standard InChI is InChI=1S/C19H21FN2O4/c1-5-11-16(15(23)7-8-22(3)4)14(20)9-12-17(11)21-10-13(18(12)24)19(25)26-6-2/h7-10H,5-6H2,1-4H3,(H,21,24). The van der Waals surface area contributed by atoms with Crippen molar-refractivity contribution in [2.45, 2.75) is 20.3 Å². The number of halogens is 1. The van der Waals surface area contributed by atoms with Crippen LogP contribution in [-0.2, 0) is 11.2 Å². The highest BCUT2D eigenvalue weighted by molar-refractivity contribution is 6.08. The van der Waals surface area contributed by atoms with Gasteiger partial charge in [-0.2, -0.15) is 0 Å². The molecular weight excluding hydrogens is 339 g/mol. The number of benzene rings is 1. The Balaban J connectivity index is 2.71. The minimum atomic E-state index is -0.797. The van der Waals surface area contributed by atoms with Crippen molar-refractivity contribution < 1.29 is 18.7 Å². The Kier molecular flexibility index (Phi) is 5.92. The topological polar surface area (TPSA) is 79.5 Å². The van der Waals surface area contributed by atoms with Crippen LogP contribution in [0.3, 0.4) is 0 Å². The van der Waals surface area contributed by atoms with Crippen molar-refractivity contribution in [3.63, 3.8) is 0 Å². The molecule has 0 unspecified atom stereocenters. The van der Waals surface area contributed by atoms with Gasteiger partial charge < -0.3 is 14.6 Å². The maximum Gasteiger partial charge on any atom is 0.343 e. The minimum absolute atomic E-state index is 0.0121. The van der Waals surface area contributed by atoms with E-state index in [2.05, 4.69) is 4.98 Å². The van der Waals surface area contributed by atoms with Crippen LogP contribution in [0.2, 0.25) is 0 Å². The molecule has 7 heteroatoms. The monoisotopic (exact) mass is 360 g/mol. The van der Waals surface area contributed by atoms with E-state index >= 15 is 0 Å². The molecule has 0 saturated heterocycles. The van der Waals surface area contributed by atoms with E-state index < -0.39 is 23.0 Å². The van der Waals surface area contributed by atoms with Crippen LogP contribution in [0.4, 0.5) is 4.39 Å². The first-order valence-electron chi connectivity index (χ1n) is 8.24. The molecule has 0 radical (unpaired) electrons. The lowest BCUT2D eigenvalue weighted by Crippen LogP contribution is -2.19. The van der Waals surface area contributed by atoms with Crippen LogP contribution >= 0.6 is 0 Å². The van der Waals surface area contributed by atoms with Crippen molar-refractivity contribution in [2.75, 3.05) is 20.7 Å². The van der Waals surface area contributed by atoms with E-state index in [1.54, 1.807) is 32.8 Å². The normalized spacial score (nSPS) is 11.1. The fraction of sp³-hybridized carbons (Fsp3) is 0.316. The first-order chi connectivity index (χ1) is 12.3. The molecule has 0 amide bonds. The summed E-state index contributed by atoms with van der Waals surface area (Å²) in [5.41, 5.74) is -0.187. The third kappa shape index (κ3) is 3.66. The minimum Gasteiger partial charge on any atom is -0.462 e. The number of fused-ring (bicyclic) bond motifs is 1. The Morgan fingerprint density at radius 2 is 2.00 bits per heavy atom. The lowest BCUT2D eigenvalue weighted by molar-refractivity contribution is 0.0524. The zero-order valence-electron chi connectivity index (χ0n) is 15.2. The molecule has 2 rings (SSSR count). The second-order valence-electron chi connectivity index (χ2n) is 5.88. The smallest absolute Gasteiger partial charge is 0.343 e. The Labute approximate surface area is 150 Å². The molecule has 138 valence electrons. The van der Waals surface area contributed by atoms with Crippen LogP contribution in [0.5, 0.6) is 0 Å². The second-order valence-corrected chi connectivity index (χ2v) is 5.88. The number of nitrogens with one attached hydrogen (secondary N) is 1. The Morgan fingerprint density at radius 3 is 2.58 bits per heavy atom. The fourth-order valence-electron chi connectivity index (χ4n) is 2.68. The fourth-order valence-corrected chi connectivity index (χ4v) is 2.68. The lowest BCUT2D eigenvalue weighted by atomic mass is 9.96. The molecule has 0 atom stereocenters. The molecule has 1 heterocycles. The van der Waals surface area contributed by atoms with Crippen LogP contribution in [-0.4, -0.2) is 42.3 Å². The summed E-state index contributed by atoms with van der Waals surface area (Å²) in [5, 5.41) is 0.0121. The van der Waals surface area contributed by atoms with E-state index in [0.717, 1.165) is 6.07 Å². The van der Waals surface area contributed by atoms with Gasteiger partial charge in [-0.25, -0.2) is 9.18 Å². The number of aromatic nitrogens is 1. The molecule has 1 N–H and O–H groups in total. The van der Waals surface area contributed by atoms with E-state index in [1.807, 2.05) is 0 Å². The summed E-state index contributed by atoms with van der Waals surface area (Å²) in [7, 11) is 3.49. The summed E-state index contributed by atoms with van der Waals surface area (Å²) in [6, 6.07) is 0.993. The van der Waals surface area contributed by atoms with Gasteiger partial charge in [-0.15, -0.1) is 0 Å². The SMILES string of the molecule is CCOC(=O)c1c[nH]c2c(CC)c(C(=O)C=CN(C)C)c(F)cc2c1=O. The number of pyridine rings is 1. The van der Waals surface area contributed by atoms with Crippen LogP contribution < -0.4 is 5.43 Å². The van der Waals surface area contributed by atoms with Gasteiger partial charge in [0.1, 0.15) is 11.4 Å². The predicted molar refractivity (Wildman–Crippen MR) is 97.0 cm³/mol. The zero-order chi connectivity index (χ0) is 19.4. The molecule has 6 nitrogen and oxygen atoms in total. The third-order valence-corrected chi connectivity index (χ3v) is 3.85. The van der Waals surface area contributed by atoms with Crippen molar-refractivity contribution in [3.05, 3.63) is 57.3 Å². The summed E-state index contributed by atoms with van der Waals surface area (Å²) < 4.78 is 19.5. The number of ketones is 1. The quantitative estimate of drug-likeness (QED) is 0.487. The first-order valence-corrected chi connectivity index (χ1v) is 8.24. The molecule has 0 aliphatic rings. The van der Waals surface area contributed by atoms with Gasteiger partial charge in [-0.3, -0.25) is 9.59 Å². The first kappa shape index (κ1) is 19.4. The Bertz CT molecular complexity index is 945. The summed E-state index contributed by atoms with van der Waals surface area (Å²) in [5.74, 6) is -2.07. The second kappa shape index (κ2) is 7.95. The lowest BCUT2D eigenvalue weighted by Gasteiger charge is -2.12. The Morgan fingerprint density at radius 1 is 1.31 bits per heavy atom. The molecule has 0 fully saturated rings. The highest BCUT2D eigenvalue weighted by atomic mass is 19.1. The highest BCUT2D eigenvalue weighted by Gasteiger charge is 2.21. The van der Waals surface area contributed by atoms with Crippen molar-refractivity contribution in [1.82, 2.24) is 9.88 Å². The molecule has 0 aliphatic carbocycles. The van der Waals surface area contributed by atoms with Crippen LogP contribution in [0.25, 0.3) is 10.9 Å². The number of aryl methyl sites for hydroxylation is 1. The number of esters is 1. The number of hydrogen-bond acceptors (Lipinski definition) is 5. The summed E-state index contributed by atoms with van der Waals surface area (Å²) >= 11 is 0. The molecule has 26 heavy (non-hydrogen) atoms. The van der Waals surface area contributed by atoms with Gasteiger partial charge in [0.25, 0.3) is 0 Å². The number of carbonyl (C=O) groups is 2. The van der Waals surface area contributed by atoms with Gasteiger partial charge in [0.05, 0.1) is 17.7 Å². The molecule has 2 aromatic rings. The largest absolute Gasteiger partial charge is 0.462 e. The van der Waals surface area contributed by atoms with Gasteiger partial charge in [-0.1, -0.05) is 6.92 Å².